The Balaban J connectivity index is 1.52. The van der Waals surface area contributed by atoms with Crippen molar-refractivity contribution < 1.29 is 9.90 Å². The number of nitrogens with one attached hydrogen (secondary N) is 1. The van der Waals surface area contributed by atoms with Gasteiger partial charge in [0.15, 0.2) is 0 Å². The maximum Gasteiger partial charge on any atom is 0.220 e. The Hall–Kier alpha value is -2.47. The summed E-state index contributed by atoms with van der Waals surface area (Å²) in [4.78, 5) is 23.3. The number of carbonyl (C=O) groups excluding carboxylic acids is 1. The lowest BCUT2D eigenvalue weighted by Crippen LogP contribution is -2.33. The van der Waals surface area contributed by atoms with E-state index in [1.807, 2.05) is 26.2 Å². The molecule has 0 saturated carbocycles. The van der Waals surface area contributed by atoms with Gasteiger partial charge in [-0.15, -0.1) is 0 Å². The van der Waals surface area contributed by atoms with E-state index in [4.69, 9.17) is 0 Å². The van der Waals surface area contributed by atoms with Crippen molar-refractivity contribution in [2.24, 2.45) is 0 Å². The van der Waals surface area contributed by atoms with E-state index >= 15 is 0 Å². The van der Waals surface area contributed by atoms with Crippen LogP contribution in [-0.4, -0.2) is 46.0 Å². The van der Waals surface area contributed by atoms with Crippen molar-refractivity contribution in [3.63, 3.8) is 0 Å². The predicted octanol–water partition coefficient (Wildman–Crippen LogP) is 2.24. The predicted molar refractivity (Wildman–Crippen MR) is 99.8 cm³/mol. The molecule has 0 radical (unpaired) electrons. The van der Waals surface area contributed by atoms with E-state index in [9.17, 15) is 9.90 Å². The average Bonchev–Trinajstić information content (AvgIpc) is 3.03. The van der Waals surface area contributed by atoms with Crippen LogP contribution in [0.3, 0.4) is 0 Å². The minimum atomic E-state index is -0.0129. The first-order valence-electron chi connectivity index (χ1n) is 9.06. The molecule has 2 atom stereocenters. The summed E-state index contributed by atoms with van der Waals surface area (Å²) in [5, 5.41) is 12.5. The maximum atomic E-state index is 12.4. The second-order valence-electron chi connectivity index (χ2n) is 7.07. The van der Waals surface area contributed by atoms with Gasteiger partial charge in [0.25, 0.3) is 0 Å². The minimum Gasteiger partial charge on any atom is -0.508 e. The zero-order valence-corrected chi connectivity index (χ0v) is 15.4. The highest BCUT2D eigenvalue weighted by molar-refractivity contribution is 5.76. The molecular formula is C20H26N4O2. The Kier molecular flexibility index (Phi) is 5.83. The Morgan fingerprint density at radius 3 is 2.73 bits per heavy atom. The van der Waals surface area contributed by atoms with Gasteiger partial charge in [-0.25, -0.2) is 0 Å². The molecule has 0 spiro atoms. The number of hydrogen-bond donors (Lipinski definition) is 2. The molecule has 1 aromatic carbocycles. The van der Waals surface area contributed by atoms with E-state index in [0.29, 0.717) is 6.42 Å². The Bertz CT molecular complexity index is 746. The van der Waals surface area contributed by atoms with E-state index in [0.717, 1.165) is 42.6 Å². The number of carbonyl (C=O) groups is 1. The van der Waals surface area contributed by atoms with Crippen LogP contribution in [0.1, 0.15) is 42.3 Å². The van der Waals surface area contributed by atoms with Crippen molar-refractivity contribution in [1.82, 2.24) is 20.2 Å². The summed E-state index contributed by atoms with van der Waals surface area (Å²) in [7, 11) is 4.07. The molecular weight excluding hydrogens is 328 g/mol. The van der Waals surface area contributed by atoms with Crippen molar-refractivity contribution in [3.8, 4) is 5.75 Å². The van der Waals surface area contributed by atoms with Crippen molar-refractivity contribution in [2.45, 2.75) is 44.2 Å². The van der Waals surface area contributed by atoms with E-state index < -0.39 is 0 Å². The fourth-order valence-corrected chi connectivity index (χ4v) is 3.43. The number of aryl methyl sites for hydroxylation is 1. The van der Waals surface area contributed by atoms with Gasteiger partial charge in [-0.3, -0.25) is 14.8 Å². The average molecular weight is 354 g/mol. The zero-order valence-electron chi connectivity index (χ0n) is 15.4. The molecule has 26 heavy (non-hydrogen) atoms. The molecule has 2 N–H and O–H groups in total. The lowest BCUT2D eigenvalue weighted by Gasteiger charge is -2.24. The molecule has 1 amide bonds. The topological polar surface area (TPSA) is 78.4 Å². The molecule has 6 heteroatoms. The van der Waals surface area contributed by atoms with Crippen molar-refractivity contribution in [3.05, 3.63) is 53.6 Å². The number of likely N-dealkylation sites (N-methyl/N-ethyl adjacent to an activating group) is 1. The van der Waals surface area contributed by atoms with Crippen molar-refractivity contribution in [1.29, 1.82) is 0 Å². The lowest BCUT2D eigenvalue weighted by atomic mass is 10.0. The summed E-state index contributed by atoms with van der Waals surface area (Å²) in [6.07, 6.45) is 7.23. The number of nitrogens with zero attached hydrogens (tertiary/aromatic N) is 3. The number of amides is 1. The fraction of sp³-hybridized carbons (Fsp3) is 0.450. The van der Waals surface area contributed by atoms with E-state index in [1.54, 1.807) is 24.5 Å². The monoisotopic (exact) mass is 354 g/mol. The zero-order chi connectivity index (χ0) is 18.5. The highest BCUT2D eigenvalue weighted by atomic mass is 16.3. The quantitative estimate of drug-likeness (QED) is 0.797. The first-order chi connectivity index (χ1) is 12.5. The van der Waals surface area contributed by atoms with E-state index in [1.165, 1.54) is 0 Å². The van der Waals surface area contributed by atoms with Crippen LogP contribution >= 0.6 is 0 Å². The largest absolute Gasteiger partial charge is 0.508 e. The minimum absolute atomic E-state index is 0.0129. The summed E-state index contributed by atoms with van der Waals surface area (Å²) in [6, 6.07) is 7.52. The number of aromatic hydroxyl groups is 1. The molecule has 1 aliphatic rings. The number of phenolic OH excluding ortho intramolecular Hbond substituents is 1. The van der Waals surface area contributed by atoms with Gasteiger partial charge in [-0.05, 0) is 57.5 Å². The SMILES string of the molecule is CN(C)[C@H](CCC(=O)NC1CCc2nccnc21)Cc1ccc(O)cc1. The molecule has 1 heterocycles. The summed E-state index contributed by atoms with van der Waals surface area (Å²) in [6.45, 7) is 0. The van der Waals surface area contributed by atoms with Crippen LogP contribution in [0.4, 0.5) is 0 Å². The highest BCUT2D eigenvalue weighted by Crippen LogP contribution is 2.27. The van der Waals surface area contributed by atoms with Crippen LogP contribution in [0.15, 0.2) is 36.7 Å². The number of aromatic nitrogens is 2. The molecule has 1 unspecified atom stereocenters. The number of phenols is 1. The summed E-state index contributed by atoms with van der Waals surface area (Å²) >= 11 is 0. The first kappa shape index (κ1) is 18.3. The lowest BCUT2D eigenvalue weighted by molar-refractivity contribution is -0.122. The number of fused-ring (bicyclic) bond motifs is 1. The molecule has 6 nitrogen and oxygen atoms in total. The third-order valence-electron chi connectivity index (χ3n) is 4.98. The molecule has 0 saturated heterocycles. The van der Waals surface area contributed by atoms with Crippen LogP contribution < -0.4 is 5.32 Å². The first-order valence-corrected chi connectivity index (χ1v) is 9.06. The van der Waals surface area contributed by atoms with Gasteiger partial charge >= 0.3 is 0 Å². The molecule has 1 aliphatic carbocycles. The highest BCUT2D eigenvalue weighted by Gasteiger charge is 2.26. The molecule has 0 fully saturated rings. The van der Waals surface area contributed by atoms with Gasteiger partial charge < -0.3 is 15.3 Å². The van der Waals surface area contributed by atoms with Crippen LogP contribution in [0, 0.1) is 0 Å². The van der Waals surface area contributed by atoms with Crippen molar-refractivity contribution in [2.75, 3.05) is 14.1 Å². The van der Waals surface area contributed by atoms with Gasteiger partial charge in [0, 0.05) is 24.9 Å². The maximum absolute atomic E-state index is 12.4. The molecule has 0 bridgehead atoms. The van der Waals surface area contributed by atoms with Gasteiger partial charge in [0.2, 0.25) is 5.91 Å². The van der Waals surface area contributed by atoms with Crippen LogP contribution in [0.2, 0.25) is 0 Å². The van der Waals surface area contributed by atoms with Crippen molar-refractivity contribution >= 4 is 5.91 Å². The van der Waals surface area contributed by atoms with Gasteiger partial charge in [0.1, 0.15) is 5.75 Å². The Labute approximate surface area is 154 Å². The Morgan fingerprint density at radius 1 is 1.27 bits per heavy atom. The summed E-state index contributed by atoms with van der Waals surface area (Å²) in [5.41, 5.74) is 3.06. The smallest absolute Gasteiger partial charge is 0.220 e. The molecule has 2 aromatic rings. The summed E-state index contributed by atoms with van der Waals surface area (Å²) < 4.78 is 0. The second kappa shape index (κ2) is 8.27. The fourth-order valence-electron chi connectivity index (χ4n) is 3.43. The third-order valence-corrected chi connectivity index (χ3v) is 4.98. The molecule has 138 valence electrons. The second-order valence-corrected chi connectivity index (χ2v) is 7.07. The summed E-state index contributed by atoms with van der Waals surface area (Å²) in [5.74, 6) is 0.334. The normalized spacial score (nSPS) is 17.1. The van der Waals surface area contributed by atoms with Gasteiger partial charge in [0.05, 0.1) is 17.4 Å². The van der Waals surface area contributed by atoms with E-state index in [-0.39, 0.29) is 23.7 Å². The van der Waals surface area contributed by atoms with Gasteiger partial charge in [-0.1, -0.05) is 12.1 Å². The number of hydrogen-bond acceptors (Lipinski definition) is 5. The van der Waals surface area contributed by atoms with Crippen LogP contribution in [0.25, 0.3) is 0 Å². The molecule has 1 aromatic heterocycles. The molecule has 0 aliphatic heterocycles. The van der Waals surface area contributed by atoms with Gasteiger partial charge in [-0.2, -0.15) is 0 Å². The van der Waals surface area contributed by atoms with Crippen LogP contribution in [-0.2, 0) is 17.6 Å². The Morgan fingerprint density at radius 2 is 2.00 bits per heavy atom. The number of rotatable bonds is 7. The third kappa shape index (κ3) is 4.58. The molecule has 3 rings (SSSR count). The standard InChI is InChI=1S/C20H26N4O2/c1-24(2)15(13-14-3-6-16(25)7-4-14)5-10-19(26)23-18-9-8-17-20(18)22-12-11-21-17/h3-4,6-7,11-12,15,18,25H,5,8-10,13H2,1-2H3,(H,23,26)/t15-,18?/m1/s1. The number of benzene rings is 1. The van der Waals surface area contributed by atoms with Crippen LogP contribution in [0.5, 0.6) is 5.75 Å². The van der Waals surface area contributed by atoms with E-state index in [2.05, 4.69) is 20.2 Å².